The highest BCUT2D eigenvalue weighted by molar-refractivity contribution is 6.11. The fourth-order valence-corrected chi connectivity index (χ4v) is 9.53. The Balaban J connectivity index is 1.18. The third-order valence-corrected chi connectivity index (χ3v) is 11.4. The fraction of sp³-hybridized carbons (Fsp3) is 0.0213. The summed E-state index contributed by atoms with van der Waals surface area (Å²) >= 11 is 0. The van der Waals surface area contributed by atoms with Crippen LogP contribution in [0.5, 0.6) is 0 Å². The van der Waals surface area contributed by atoms with Crippen molar-refractivity contribution in [3.05, 3.63) is 186 Å². The van der Waals surface area contributed by atoms with Crippen LogP contribution in [0.4, 0.5) is 17.1 Å². The standard InChI is InChI=1S/C47H27NO/c1-2-11-29-26-30(23-22-28(29)10-1)48(42-20-9-18-39-34-13-4-6-21-43(34)49-46(39)42)31-24-25-33-36-15-8-17-38-37-16-7-14-35-32-12-3-5-19-40(32)47(44(35)37,45(36)38)41(33)27-31/h1-27H. The summed E-state index contributed by atoms with van der Waals surface area (Å²) in [6.07, 6.45) is 0. The molecule has 49 heavy (non-hydrogen) atoms. The molecule has 8 aromatic carbocycles. The van der Waals surface area contributed by atoms with Gasteiger partial charge in [0.25, 0.3) is 0 Å². The van der Waals surface area contributed by atoms with Gasteiger partial charge in [-0.3, -0.25) is 0 Å². The van der Waals surface area contributed by atoms with Crippen molar-refractivity contribution in [3.8, 4) is 33.4 Å². The van der Waals surface area contributed by atoms with Crippen LogP contribution in [0, 0.1) is 0 Å². The highest BCUT2D eigenvalue weighted by atomic mass is 16.3. The van der Waals surface area contributed by atoms with E-state index in [1.54, 1.807) is 0 Å². The second-order valence-corrected chi connectivity index (χ2v) is 13.6. The predicted octanol–water partition coefficient (Wildman–Crippen LogP) is 12.5. The van der Waals surface area contributed by atoms with Crippen LogP contribution in [0.1, 0.15) is 22.3 Å². The van der Waals surface area contributed by atoms with Crippen molar-refractivity contribution in [2.24, 2.45) is 0 Å². The summed E-state index contributed by atoms with van der Waals surface area (Å²) in [5, 5.41) is 4.68. The van der Waals surface area contributed by atoms with Gasteiger partial charge in [-0.25, -0.2) is 0 Å². The molecule has 0 saturated heterocycles. The molecule has 2 nitrogen and oxygen atoms in total. The average Bonchev–Trinajstić information content (AvgIpc) is 3.87. The van der Waals surface area contributed by atoms with Gasteiger partial charge in [-0.05, 0) is 103 Å². The summed E-state index contributed by atoms with van der Waals surface area (Å²) in [5.74, 6) is 0. The summed E-state index contributed by atoms with van der Waals surface area (Å²) in [5.41, 5.74) is 18.4. The molecule has 0 radical (unpaired) electrons. The summed E-state index contributed by atoms with van der Waals surface area (Å²) in [4.78, 5) is 2.40. The molecule has 1 aromatic heterocycles. The number of furan rings is 1. The van der Waals surface area contributed by atoms with Gasteiger partial charge in [0.1, 0.15) is 5.58 Å². The first-order valence-electron chi connectivity index (χ1n) is 17.0. The summed E-state index contributed by atoms with van der Waals surface area (Å²) in [6, 6.07) is 60.3. The van der Waals surface area contributed by atoms with E-state index in [1.807, 2.05) is 6.07 Å². The molecule has 0 bridgehead atoms. The maximum atomic E-state index is 6.69. The Morgan fingerprint density at radius 3 is 1.84 bits per heavy atom. The molecule has 0 N–H and O–H groups in total. The molecule has 1 heterocycles. The summed E-state index contributed by atoms with van der Waals surface area (Å²) in [6.45, 7) is 0. The number of rotatable bonds is 3. The first-order valence-corrected chi connectivity index (χ1v) is 17.0. The van der Waals surface area contributed by atoms with Crippen LogP contribution in [-0.2, 0) is 5.41 Å². The number of benzene rings is 8. The van der Waals surface area contributed by atoms with Crippen LogP contribution in [0.15, 0.2) is 168 Å². The average molecular weight is 622 g/mol. The second-order valence-electron chi connectivity index (χ2n) is 13.6. The number of hydrogen-bond acceptors (Lipinski definition) is 2. The molecule has 0 aliphatic heterocycles. The van der Waals surface area contributed by atoms with Crippen molar-refractivity contribution in [1.82, 2.24) is 0 Å². The highest BCUT2D eigenvalue weighted by Gasteiger charge is 2.57. The molecule has 226 valence electrons. The van der Waals surface area contributed by atoms with Crippen molar-refractivity contribution in [2.45, 2.75) is 5.41 Å². The van der Waals surface area contributed by atoms with Gasteiger partial charge in [-0.2, -0.15) is 0 Å². The quantitative estimate of drug-likeness (QED) is 0.195. The zero-order chi connectivity index (χ0) is 31.8. The van der Waals surface area contributed by atoms with Crippen molar-refractivity contribution in [2.75, 3.05) is 4.90 Å². The van der Waals surface area contributed by atoms with E-state index >= 15 is 0 Å². The van der Waals surface area contributed by atoms with Gasteiger partial charge < -0.3 is 9.32 Å². The fourth-order valence-electron chi connectivity index (χ4n) is 9.53. The lowest BCUT2D eigenvalue weighted by Crippen LogP contribution is -2.23. The van der Waals surface area contributed by atoms with Crippen LogP contribution in [0.25, 0.3) is 66.1 Å². The van der Waals surface area contributed by atoms with Gasteiger partial charge in [0.15, 0.2) is 5.58 Å². The number of nitrogens with zero attached hydrogens (tertiary/aromatic N) is 1. The Bertz CT molecular complexity index is 2870. The first kappa shape index (κ1) is 25.7. The molecule has 0 saturated carbocycles. The van der Waals surface area contributed by atoms with Crippen LogP contribution in [-0.4, -0.2) is 0 Å². The van der Waals surface area contributed by atoms with Gasteiger partial charge in [0.05, 0.1) is 11.1 Å². The highest BCUT2D eigenvalue weighted by Crippen LogP contribution is 2.70. The van der Waals surface area contributed by atoms with Crippen LogP contribution >= 0.6 is 0 Å². The van der Waals surface area contributed by atoms with E-state index in [0.717, 1.165) is 39.0 Å². The molecule has 0 amide bonds. The van der Waals surface area contributed by atoms with Gasteiger partial charge >= 0.3 is 0 Å². The Hall–Kier alpha value is -6.38. The number of hydrogen-bond donors (Lipinski definition) is 0. The molecule has 9 aromatic rings. The van der Waals surface area contributed by atoms with Crippen LogP contribution in [0.3, 0.4) is 0 Å². The topological polar surface area (TPSA) is 16.4 Å². The maximum absolute atomic E-state index is 6.69. The predicted molar refractivity (Wildman–Crippen MR) is 201 cm³/mol. The van der Waals surface area contributed by atoms with E-state index in [4.69, 9.17) is 4.42 Å². The zero-order valence-electron chi connectivity index (χ0n) is 26.4. The molecule has 1 unspecified atom stereocenters. The summed E-state index contributed by atoms with van der Waals surface area (Å²) < 4.78 is 6.69. The van der Waals surface area contributed by atoms with Crippen LogP contribution < -0.4 is 4.90 Å². The lowest BCUT2D eigenvalue weighted by atomic mass is 9.73. The van der Waals surface area contributed by atoms with Crippen molar-refractivity contribution in [3.63, 3.8) is 0 Å². The molecule has 3 aliphatic rings. The van der Waals surface area contributed by atoms with Crippen molar-refractivity contribution < 1.29 is 4.42 Å². The third-order valence-electron chi connectivity index (χ3n) is 11.4. The molecule has 3 aliphatic carbocycles. The van der Waals surface area contributed by atoms with E-state index in [1.165, 1.54) is 66.4 Å². The van der Waals surface area contributed by atoms with Gasteiger partial charge in [0.2, 0.25) is 0 Å². The normalized spacial score (nSPS) is 15.8. The Labute approximate surface area is 283 Å². The monoisotopic (exact) mass is 621 g/mol. The molecule has 1 atom stereocenters. The molecule has 2 heteroatoms. The van der Waals surface area contributed by atoms with Gasteiger partial charge in [-0.1, -0.05) is 127 Å². The second kappa shape index (κ2) is 8.94. The van der Waals surface area contributed by atoms with Gasteiger partial charge in [-0.15, -0.1) is 0 Å². The first-order chi connectivity index (χ1) is 24.3. The Morgan fingerprint density at radius 1 is 0.408 bits per heavy atom. The van der Waals surface area contributed by atoms with Crippen molar-refractivity contribution >= 4 is 49.8 Å². The van der Waals surface area contributed by atoms with E-state index in [2.05, 4.69) is 163 Å². The molecule has 0 fully saturated rings. The SMILES string of the molecule is c1ccc2c(c1)-c1cccc3c1C21c2cc(N(c4ccc5ccccc5c4)c4cccc5c4oc4ccccc45)ccc2-c2cccc-3c21. The lowest BCUT2D eigenvalue weighted by Gasteiger charge is -2.30. The zero-order valence-corrected chi connectivity index (χ0v) is 26.4. The maximum Gasteiger partial charge on any atom is 0.159 e. The molecular formula is C47H27NO. The lowest BCUT2D eigenvalue weighted by molar-refractivity contribution is 0.669. The van der Waals surface area contributed by atoms with Gasteiger partial charge in [0, 0.05) is 22.1 Å². The van der Waals surface area contributed by atoms with E-state index in [0.29, 0.717) is 0 Å². The Morgan fingerprint density at radius 2 is 1.00 bits per heavy atom. The molecule has 12 rings (SSSR count). The van der Waals surface area contributed by atoms with E-state index in [9.17, 15) is 0 Å². The largest absolute Gasteiger partial charge is 0.454 e. The number of anilines is 3. The number of para-hydroxylation sites is 2. The minimum Gasteiger partial charge on any atom is -0.454 e. The van der Waals surface area contributed by atoms with E-state index < -0.39 is 0 Å². The van der Waals surface area contributed by atoms with E-state index in [-0.39, 0.29) is 5.41 Å². The third kappa shape index (κ3) is 3.04. The number of fused-ring (bicyclic) bond motifs is 9. The minimum absolute atomic E-state index is 0.347. The van der Waals surface area contributed by atoms with Crippen LogP contribution in [0.2, 0.25) is 0 Å². The Kier molecular flexibility index (Phi) is 4.69. The summed E-state index contributed by atoms with van der Waals surface area (Å²) in [7, 11) is 0. The smallest absolute Gasteiger partial charge is 0.159 e. The molecular weight excluding hydrogens is 595 g/mol. The molecule has 1 spiro atoms. The minimum atomic E-state index is -0.347. The van der Waals surface area contributed by atoms with Crippen molar-refractivity contribution in [1.29, 1.82) is 0 Å².